The molecule has 1 aliphatic carbocycles. The van der Waals surface area contributed by atoms with Gasteiger partial charge in [0.15, 0.2) is 11.5 Å². The van der Waals surface area contributed by atoms with Gasteiger partial charge in [0.05, 0.1) is 7.11 Å². The first-order valence-electron chi connectivity index (χ1n) is 6.84. The van der Waals surface area contributed by atoms with Crippen molar-refractivity contribution in [2.45, 2.75) is 25.8 Å². The van der Waals surface area contributed by atoms with Crippen LogP contribution in [0, 0.1) is 11.8 Å². The Labute approximate surface area is 108 Å². The van der Waals surface area contributed by atoms with Crippen molar-refractivity contribution >= 4 is 0 Å². The predicted octanol–water partition coefficient (Wildman–Crippen LogP) is 2.63. The molecule has 0 bridgehead atoms. The molecule has 0 aromatic heterocycles. The van der Waals surface area contributed by atoms with Gasteiger partial charge in [0.1, 0.15) is 0 Å². The maximum atomic E-state index is 9.78. The molecule has 1 aromatic carbocycles. The largest absolute Gasteiger partial charge is 0.504 e. The Balaban J connectivity index is 1.65. The zero-order valence-electron chi connectivity index (χ0n) is 10.9. The number of fused-ring (bicyclic) bond motifs is 1. The summed E-state index contributed by atoms with van der Waals surface area (Å²) in [5.74, 6) is 2.65. The van der Waals surface area contributed by atoms with E-state index in [1.54, 1.807) is 7.11 Å². The molecular weight excluding hydrogens is 226 g/mol. The molecule has 98 valence electrons. The van der Waals surface area contributed by atoms with Crippen molar-refractivity contribution in [2.75, 3.05) is 20.2 Å². The van der Waals surface area contributed by atoms with E-state index < -0.39 is 0 Å². The van der Waals surface area contributed by atoms with E-state index in [2.05, 4.69) is 4.90 Å². The minimum absolute atomic E-state index is 0.245. The molecule has 2 atom stereocenters. The van der Waals surface area contributed by atoms with Crippen molar-refractivity contribution in [1.82, 2.24) is 4.90 Å². The van der Waals surface area contributed by atoms with E-state index in [4.69, 9.17) is 4.74 Å². The molecule has 2 fully saturated rings. The van der Waals surface area contributed by atoms with Crippen molar-refractivity contribution < 1.29 is 9.84 Å². The predicted molar refractivity (Wildman–Crippen MR) is 70.8 cm³/mol. The number of aromatic hydroxyl groups is 1. The molecule has 3 heteroatoms. The Hall–Kier alpha value is -1.22. The Bertz CT molecular complexity index is 421. The van der Waals surface area contributed by atoms with E-state index in [0.717, 1.165) is 18.4 Å². The van der Waals surface area contributed by atoms with Gasteiger partial charge in [0.2, 0.25) is 0 Å². The highest BCUT2D eigenvalue weighted by Crippen LogP contribution is 2.38. The second-order valence-corrected chi connectivity index (χ2v) is 5.65. The Morgan fingerprint density at radius 1 is 1.28 bits per heavy atom. The van der Waals surface area contributed by atoms with E-state index in [1.807, 2.05) is 18.2 Å². The molecule has 1 saturated heterocycles. The molecule has 1 saturated carbocycles. The van der Waals surface area contributed by atoms with Crippen LogP contribution in [0.15, 0.2) is 18.2 Å². The fraction of sp³-hybridized carbons (Fsp3) is 0.600. The summed E-state index contributed by atoms with van der Waals surface area (Å²) in [5.41, 5.74) is 1.17. The molecule has 0 spiro atoms. The van der Waals surface area contributed by atoms with Crippen molar-refractivity contribution in [3.8, 4) is 11.5 Å². The van der Waals surface area contributed by atoms with Crippen LogP contribution in [0.2, 0.25) is 0 Å². The van der Waals surface area contributed by atoms with Crippen LogP contribution in [-0.2, 0) is 6.54 Å². The first-order chi connectivity index (χ1) is 8.76. The number of likely N-dealkylation sites (tertiary alicyclic amines) is 1. The first kappa shape index (κ1) is 11.8. The molecule has 0 amide bonds. The maximum absolute atomic E-state index is 9.78. The van der Waals surface area contributed by atoms with E-state index in [1.165, 1.54) is 37.9 Å². The summed E-state index contributed by atoms with van der Waals surface area (Å²) < 4.78 is 5.07. The average molecular weight is 247 g/mol. The number of nitrogens with zero attached hydrogens (tertiary/aromatic N) is 1. The van der Waals surface area contributed by atoms with Crippen LogP contribution >= 0.6 is 0 Å². The van der Waals surface area contributed by atoms with Gasteiger partial charge in [-0.05, 0) is 42.4 Å². The molecule has 3 nitrogen and oxygen atoms in total. The molecule has 1 aliphatic heterocycles. The lowest BCUT2D eigenvalue weighted by atomic mass is 10.0. The number of hydrogen-bond donors (Lipinski definition) is 1. The lowest BCUT2D eigenvalue weighted by Crippen LogP contribution is -2.21. The Kier molecular flexibility index (Phi) is 3.16. The highest BCUT2D eigenvalue weighted by atomic mass is 16.5. The van der Waals surface area contributed by atoms with E-state index in [9.17, 15) is 5.11 Å². The van der Waals surface area contributed by atoms with Gasteiger partial charge in [-0.25, -0.2) is 0 Å². The molecule has 2 unspecified atom stereocenters. The third-order valence-corrected chi connectivity index (χ3v) is 4.45. The molecule has 0 radical (unpaired) electrons. The lowest BCUT2D eigenvalue weighted by Gasteiger charge is -2.17. The van der Waals surface area contributed by atoms with Crippen molar-refractivity contribution in [2.24, 2.45) is 11.8 Å². The third-order valence-electron chi connectivity index (χ3n) is 4.45. The van der Waals surface area contributed by atoms with E-state index >= 15 is 0 Å². The van der Waals surface area contributed by atoms with E-state index in [0.29, 0.717) is 5.75 Å². The summed E-state index contributed by atoms with van der Waals surface area (Å²) in [6.07, 6.45) is 4.25. The number of hydrogen-bond acceptors (Lipinski definition) is 3. The zero-order valence-corrected chi connectivity index (χ0v) is 10.9. The summed E-state index contributed by atoms with van der Waals surface area (Å²) in [6, 6.07) is 5.72. The van der Waals surface area contributed by atoms with Gasteiger partial charge in [-0.2, -0.15) is 0 Å². The monoisotopic (exact) mass is 247 g/mol. The minimum Gasteiger partial charge on any atom is -0.504 e. The topological polar surface area (TPSA) is 32.7 Å². The number of methoxy groups -OCH3 is 1. The van der Waals surface area contributed by atoms with Gasteiger partial charge in [-0.1, -0.05) is 12.5 Å². The van der Waals surface area contributed by atoms with Gasteiger partial charge in [0, 0.05) is 19.6 Å². The standard InChI is InChI=1S/C15H21NO2/c1-18-15-6-5-11(7-14(15)17)8-16-9-12-3-2-4-13(12)10-16/h5-7,12-13,17H,2-4,8-10H2,1H3. The van der Waals surface area contributed by atoms with Gasteiger partial charge in [-0.3, -0.25) is 4.90 Å². The van der Waals surface area contributed by atoms with Crippen LogP contribution in [0.1, 0.15) is 24.8 Å². The van der Waals surface area contributed by atoms with Gasteiger partial charge in [-0.15, -0.1) is 0 Å². The molecule has 1 aromatic rings. The fourth-order valence-corrected chi connectivity index (χ4v) is 3.55. The molecule has 1 N–H and O–H groups in total. The normalized spacial score (nSPS) is 27.4. The van der Waals surface area contributed by atoms with Crippen LogP contribution in [0.5, 0.6) is 11.5 Å². The highest BCUT2D eigenvalue weighted by molar-refractivity contribution is 5.41. The summed E-state index contributed by atoms with van der Waals surface area (Å²) in [5, 5.41) is 9.78. The SMILES string of the molecule is COc1ccc(CN2CC3CCCC3C2)cc1O. The van der Waals surface area contributed by atoms with Crippen LogP contribution < -0.4 is 4.74 Å². The maximum Gasteiger partial charge on any atom is 0.160 e. The third kappa shape index (κ3) is 2.19. The molecule has 3 rings (SSSR count). The summed E-state index contributed by atoms with van der Waals surface area (Å²) in [4.78, 5) is 2.52. The van der Waals surface area contributed by atoms with Crippen LogP contribution in [0.25, 0.3) is 0 Å². The fourth-order valence-electron chi connectivity index (χ4n) is 3.55. The van der Waals surface area contributed by atoms with Crippen molar-refractivity contribution in [3.63, 3.8) is 0 Å². The molecule has 2 aliphatic rings. The van der Waals surface area contributed by atoms with Crippen molar-refractivity contribution in [1.29, 1.82) is 0 Å². The average Bonchev–Trinajstić information content (AvgIpc) is 2.90. The highest BCUT2D eigenvalue weighted by Gasteiger charge is 2.35. The smallest absolute Gasteiger partial charge is 0.160 e. The number of phenols is 1. The Morgan fingerprint density at radius 3 is 2.61 bits per heavy atom. The second-order valence-electron chi connectivity index (χ2n) is 5.65. The Morgan fingerprint density at radius 2 is 2.00 bits per heavy atom. The first-order valence-corrected chi connectivity index (χ1v) is 6.84. The quantitative estimate of drug-likeness (QED) is 0.891. The number of rotatable bonds is 3. The van der Waals surface area contributed by atoms with E-state index in [-0.39, 0.29) is 5.75 Å². The van der Waals surface area contributed by atoms with Gasteiger partial charge >= 0.3 is 0 Å². The zero-order chi connectivity index (χ0) is 12.5. The minimum atomic E-state index is 0.245. The number of ether oxygens (including phenoxy) is 1. The molecule has 1 heterocycles. The molecule has 18 heavy (non-hydrogen) atoms. The van der Waals surface area contributed by atoms with Crippen LogP contribution in [0.4, 0.5) is 0 Å². The second kappa shape index (κ2) is 4.81. The van der Waals surface area contributed by atoms with Gasteiger partial charge in [0.25, 0.3) is 0 Å². The van der Waals surface area contributed by atoms with Crippen LogP contribution in [0.3, 0.4) is 0 Å². The number of phenolic OH excluding ortho intramolecular Hbond substituents is 1. The summed E-state index contributed by atoms with van der Waals surface area (Å²) >= 11 is 0. The summed E-state index contributed by atoms with van der Waals surface area (Å²) in [7, 11) is 1.58. The lowest BCUT2D eigenvalue weighted by molar-refractivity contribution is 0.302. The van der Waals surface area contributed by atoms with Gasteiger partial charge < -0.3 is 9.84 Å². The van der Waals surface area contributed by atoms with Crippen LogP contribution in [-0.4, -0.2) is 30.2 Å². The summed E-state index contributed by atoms with van der Waals surface area (Å²) in [6.45, 7) is 3.42. The number of benzene rings is 1. The van der Waals surface area contributed by atoms with Crippen molar-refractivity contribution in [3.05, 3.63) is 23.8 Å². The molecular formula is C15H21NO2.